The summed E-state index contributed by atoms with van der Waals surface area (Å²) in [6.07, 6.45) is 3.45. The van der Waals surface area contributed by atoms with Gasteiger partial charge in [0.15, 0.2) is 0 Å². The lowest BCUT2D eigenvalue weighted by atomic mass is 9.96. The standard InChI is InChI=1S/C19H22N4O2/c1-13(14-8-10-20-11-9-14)21-12-17(24)23-16-7-5-4-6-15(16)22-18(25)19(23,2)3/h4-11,13,21H,12H2,1-3H3,(H,22,25). The summed E-state index contributed by atoms with van der Waals surface area (Å²) in [5.41, 5.74) is 1.48. The van der Waals surface area contributed by atoms with Crippen LogP contribution in [-0.4, -0.2) is 28.9 Å². The van der Waals surface area contributed by atoms with Crippen LogP contribution in [0.4, 0.5) is 11.4 Å². The van der Waals surface area contributed by atoms with Crippen LogP contribution in [0.1, 0.15) is 32.4 Å². The zero-order chi connectivity index (χ0) is 18.0. The summed E-state index contributed by atoms with van der Waals surface area (Å²) < 4.78 is 0. The second kappa shape index (κ2) is 6.64. The van der Waals surface area contributed by atoms with Crippen molar-refractivity contribution in [1.82, 2.24) is 10.3 Å². The van der Waals surface area contributed by atoms with Gasteiger partial charge in [-0.05, 0) is 50.6 Å². The van der Waals surface area contributed by atoms with Crippen LogP contribution < -0.4 is 15.5 Å². The van der Waals surface area contributed by atoms with Crippen molar-refractivity contribution in [3.05, 3.63) is 54.4 Å². The van der Waals surface area contributed by atoms with Crippen LogP contribution in [0.15, 0.2) is 48.8 Å². The molecule has 1 aliphatic rings. The van der Waals surface area contributed by atoms with Crippen molar-refractivity contribution in [2.45, 2.75) is 32.4 Å². The Hall–Kier alpha value is -2.73. The maximum atomic E-state index is 12.9. The van der Waals surface area contributed by atoms with Gasteiger partial charge in [0, 0.05) is 18.4 Å². The first-order chi connectivity index (χ1) is 11.9. The molecule has 6 heteroatoms. The second-order valence-electron chi connectivity index (χ2n) is 6.64. The summed E-state index contributed by atoms with van der Waals surface area (Å²) in [6.45, 7) is 5.63. The van der Waals surface area contributed by atoms with Gasteiger partial charge in [-0.1, -0.05) is 12.1 Å². The number of hydrogen-bond acceptors (Lipinski definition) is 4. The van der Waals surface area contributed by atoms with E-state index in [2.05, 4.69) is 15.6 Å². The third-order valence-electron chi connectivity index (χ3n) is 4.52. The first-order valence-corrected chi connectivity index (χ1v) is 8.28. The smallest absolute Gasteiger partial charge is 0.250 e. The molecule has 1 atom stereocenters. The lowest BCUT2D eigenvalue weighted by molar-refractivity contribution is -0.126. The van der Waals surface area contributed by atoms with Gasteiger partial charge in [-0.15, -0.1) is 0 Å². The Labute approximate surface area is 147 Å². The Morgan fingerprint density at radius 2 is 1.92 bits per heavy atom. The third kappa shape index (κ3) is 3.25. The number of nitrogens with one attached hydrogen (secondary N) is 2. The van der Waals surface area contributed by atoms with Crippen molar-refractivity contribution >= 4 is 23.2 Å². The Kier molecular flexibility index (Phi) is 4.55. The third-order valence-corrected chi connectivity index (χ3v) is 4.52. The van der Waals surface area contributed by atoms with Crippen LogP contribution in [-0.2, 0) is 9.59 Å². The molecular weight excluding hydrogens is 316 g/mol. The Morgan fingerprint density at radius 3 is 2.64 bits per heavy atom. The lowest BCUT2D eigenvalue weighted by Crippen LogP contribution is -2.60. The minimum atomic E-state index is -0.951. The number of para-hydroxylation sites is 2. The Balaban J connectivity index is 1.79. The second-order valence-corrected chi connectivity index (χ2v) is 6.64. The van der Waals surface area contributed by atoms with Gasteiger partial charge in [-0.3, -0.25) is 19.5 Å². The van der Waals surface area contributed by atoms with E-state index in [-0.39, 0.29) is 24.4 Å². The number of benzene rings is 1. The van der Waals surface area contributed by atoms with Gasteiger partial charge in [0.2, 0.25) is 11.8 Å². The summed E-state index contributed by atoms with van der Waals surface area (Å²) in [7, 11) is 0. The first kappa shape index (κ1) is 17.1. The molecule has 3 rings (SSSR count). The van der Waals surface area contributed by atoms with Crippen LogP contribution in [0, 0.1) is 0 Å². The highest BCUT2D eigenvalue weighted by molar-refractivity contribution is 6.14. The maximum Gasteiger partial charge on any atom is 0.250 e. The number of carbonyl (C=O) groups is 2. The van der Waals surface area contributed by atoms with E-state index in [1.165, 1.54) is 0 Å². The van der Waals surface area contributed by atoms with E-state index in [1.807, 2.05) is 37.3 Å². The van der Waals surface area contributed by atoms with Gasteiger partial charge in [0.25, 0.3) is 0 Å². The minimum absolute atomic E-state index is 0.00363. The molecule has 0 saturated heterocycles. The molecule has 130 valence electrons. The Bertz CT molecular complexity index is 789. The minimum Gasteiger partial charge on any atom is -0.322 e. The molecule has 2 aromatic rings. The van der Waals surface area contributed by atoms with Gasteiger partial charge in [0.1, 0.15) is 5.54 Å². The predicted molar refractivity (Wildman–Crippen MR) is 97.3 cm³/mol. The molecule has 1 aromatic heterocycles. The van der Waals surface area contributed by atoms with E-state index in [9.17, 15) is 9.59 Å². The number of pyridine rings is 1. The summed E-state index contributed by atoms with van der Waals surface area (Å²) >= 11 is 0. The van der Waals surface area contributed by atoms with Crippen molar-refractivity contribution in [3.63, 3.8) is 0 Å². The molecule has 0 saturated carbocycles. The van der Waals surface area contributed by atoms with E-state index in [0.717, 1.165) is 11.3 Å². The van der Waals surface area contributed by atoms with Crippen molar-refractivity contribution in [2.75, 3.05) is 16.8 Å². The molecule has 0 radical (unpaired) electrons. The lowest BCUT2D eigenvalue weighted by Gasteiger charge is -2.42. The molecule has 0 fully saturated rings. The molecule has 25 heavy (non-hydrogen) atoms. The zero-order valence-corrected chi connectivity index (χ0v) is 14.6. The quantitative estimate of drug-likeness (QED) is 0.898. The molecule has 6 nitrogen and oxygen atoms in total. The van der Waals surface area contributed by atoms with E-state index >= 15 is 0 Å². The monoisotopic (exact) mass is 338 g/mol. The highest BCUT2D eigenvalue weighted by atomic mass is 16.2. The number of fused-ring (bicyclic) bond motifs is 1. The van der Waals surface area contributed by atoms with E-state index < -0.39 is 5.54 Å². The number of anilines is 2. The van der Waals surface area contributed by atoms with Crippen molar-refractivity contribution in [2.24, 2.45) is 0 Å². The number of aromatic nitrogens is 1. The van der Waals surface area contributed by atoms with E-state index in [1.54, 1.807) is 37.2 Å². The van der Waals surface area contributed by atoms with Gasteiger partial charge >= 0.3 is 0 Å². The fourth-order valence-electron chi connectivity index (χ4n) is 2.99. The largest absolute Gasteiger partial charge is 0.322 e. The fourth-order valence-corrected chi connectivity index (χ4v) is 2.99. The summed E-state index contributed by atoms with van der Waals surface area (Å²) in [6, 6.07) is 11.2. The summed E-state index contributed by atoms with van der Waals surface area (Å²) in [5.74, 6) is -0.338. The zero-order valence-electron chi connectivity index (χ0n) is 14.6. The average molecular weight is 338 g/mol. The predicted octanol–water partition coefficient (Wildman–Crippen LogP) is 2.50. The fraction of sp³-hybridized carbons (Fsp3) is 0.316. The Morgan fingerprint density at radius 1 is 1.24 bits per heavy atom. The van der Waals surface area contributed by atoms with Gasteiger partial charge in [0.05, 0.1) is 17.9 Å². The number of hydrogen-bond donors (Lipinski definition) is 2. The molecule has 0 bridgehead atoms. The van der Waals surface area contributed by atoms with Crippen LogP contribution >= 0.6 is 0 Å². The average Bonchev–Trinajstić information content (AvgIpc) is 2.61. The topological polar surface area (TPSA) is 74.3 Å². The molecule has 1 aromatic carbocycles. The number of nitrogens with zero attached hydrogens (tertiary/aromatic N) is 2. The molecule has 2 heterocycles. The number of rotatable bonds is 4. The van der Waals surface area contributed by atoms with Gasteiger partial charge < -0.3 is 10.6 Å². The van der Waals surface area contributed by atoms with Crippen molar-refractivity contribution < 1.29 is 9.59 Å². The SMILES string of the molecule is CC(NCC(=O)N1c2ccccc2NC(=O)C1(C)C)c1ccncc1. The van der Waals surface area contributed by atoms with Crippen LogP contribution in [0.25, 0.3) is 0 Å². The molecule has 0 aliphatic carbocycles. The van der Waals surface area contributed by atoms with E-state index in [4.69, 9.17) is 0 Å². The molecule has 2 amide bonds. The molecule has 2 N–H and O–H groups in total. The van der Waals surface area contributed by atoms with Crippen molar-refractivity contribution in [3.8, 4) is 0 Å². The van der Waals surface area contributed by atoms with Gasteiger partial charge in [-0.25, -0.2) is 0 Å². The molecule has 0 spiro atoms. The number of carbonyl (C=O) groups excluding carboxylic acids is 2. The van der Waals surface area contributed by atoms with Crippen LogP contribution in [0.5, 0.6) is 0 Å². The summed E-state index contributed by atoms with van der Waals surface area (Å²) in [5, 5.41) is 6.09. The summed E-state index contributed by atoms with van der Waals surface area (Å²) in [4.78, 5) is 30.9. The van der Waals surface area contributed by atoms with Crippen LogP contribution in [0.2, 0.25) is 0 Å². The van der Waals surface area contributed by atoms with Gasteiger partial charge in [-0.2, -0.15) is 0 Å². The van der Waals surface area contributed by atoms with Crippen molar-refractivity contribution in [1.29, 1.82) is 0 Å². The van der Waals surface area contributed by atoms with E-state index in [0.29, 0.717) is 5.69 Å². The normalized spacial score (nSPS) is 16.8. The molecule has 1 unspecified atom stereocenters. The number of amides is 2. The molecular formula is C19H22N4O2. The highest BCUT2D eigenvalue weighted by Gasteiger charge is 2.43. The molecule has 1 aliphatic heterocycles. The maximum absolute atomic E-state index is 12.9. The highest BCUT2D eigenvalue weighted by Crippen LogP contribution is 2.36. The van der Waals surface area contributed by atoms with Crippen LogP contribution in [0.3, 0.4) is 0 Å². The first-order valence-electron chi connectivity index (χ1n) is 8.28.